The normalized spacial score (nSPS) is 21.9. The first kappa shape index (κ1) is 15.6. The molecule has 0 aromatic carbocycles. The third-order valence-corrected chi connectivity index (χ3v) is 4.04. The number of halogens is 1. The lowest BCUT2D eigenvalue weighted by Crippen LogP contribution is -2.39. The molecule has 2 atom stereocenters. The maximum atomic E-state index is 11.2. The van der Waals surface area contributed by atoms with Gasteiger partial charge in [-0.2, -0.15) is 0 Å². The maximum Gasteiger partial charge on any atom is 0.205 e. The minimum absolute atomic E-state index is 0. The van der Waals surface area contributed by atoms with E-state index in [0.717, 1.165) is 37.4 Å². The monoisotopic (exact) mass is 309 g/mol. The summed E-state index contributed by atoms with van der Waals surface area (Å²) in [6.45, 7) is 0.825. The number of hydrogen-bond donors (Lipinski definition) is 0. The van der Waals surface area contributed by atoms with Crippen LogP contribution < -0.4 is 4.90 Å². The van der Waals surface area contributed by atoms with Gasteiger partial charge in [0, 0.05) is 51.3 Å². The molecule has 0 radical (unpaired) electrons. The van der Waals surface area contributed by atoms with Crippen LogP contribution >= 0.6 is 12.4 Å². The summed E-state index contributed by atoms with van der Waals surface area (Å²) in [7, 11) is 3.98. The van der Waals surface area contributed by atoms with E-state index in [1.807, 2.05) is 35.6 Å². The van der Waals surface area contributed by atoms with E-state index in [9.17, 15) is 4.79 Å². The van der Waals surface area contributed by atoms with Crippen molar-refractivity contribution in [3.8, 4) is 0 Å². The predicted octanol–water partition coefficient (Wildman–Crippen LogP) is 1.73. The molecular weight excluding hydrogens is 290 g/mol. The van der Waals surface area contributed by atoms with E-state index in [0.29, 0.717) is 0 Å². The molecular formula is C14H20ClN5O. The SMILES string of the molecule is Cl.Cn1ccnc1C1CC(C=O)CCN1c1nccn1C. The summed E-state index contributed by atoms with van der Waals surface area (Å²) in [5.41, 5.74) is 0. The van der Waals surface area contributed by atoms with Crippen molar-refractivity contribution in [2.24, 2.45) is 20.0 Å². The highest BCUT2D eigenvalue weighted by Crippen LogP contribution is 2.35. The molecule has 0 saturated carbocycles. The number of aryl methyl sites for hydroxylation is 2. The van der Waals surface area contributed by atoms with E-state index >= 15 is 0 Å². The molecule has 2 unspecified atom stereocenters. The van der Waals surface area contributed by atoms with Crippen LogP contribution in [0.4, 0.5) is 5.95 Å². The molecule has 0 amide bonds. The molecule has 0 bridgehead atoms. The zero-order valence-corrected chi connectivity index (χ0v) is 13.0. The minimum atomic E-state index is 0. The molecule has 2 aromatic heterocycles. The molecule has 7 heteroatoms. The highest BCUT2D eigenvalue weighted by molar-refractivity contribution is 5.85. The molecule has 1 aliphatic rings. The van der Waals surface area contributed by atoms with Gasteiger partial charge in [0.25, 0.3) is 0 Å². The summed E-state index contributed by atoms with van der Waals surface area (Å²) in [5, 5.41) is 0. The van der Waals surface area contributed by atoms with Crippen LogP contribution in [-0.2, 0) is 18.9 Å². The fraction of sp³-hybridized carbons (Fsp3) is 0.500. The second-order valence-corrected chi connectivity index (χ2v) is 5.36. The van der Waals surface area contributed by atoms with Crippen molar-refractivity contribution in [1.82, 2.24) is 19.1 Å². The van der Waals surface area contributed by atoms with Crippen LogP contribution in [0, 0.1) is 5.92 Å². The van der Waals surface area contributed by atoms with Crippen molar-refractivity contribution < 1.29 is 4.79 Å². The average molecular weight is 310 g/mol. The number of imidazole rings is 2. The third-order valence-electron chi connectivity index (χ3n) is 4.04. The minimum Gasteiger partial charge on any atom is -0.336 e. The highest BCUT2D eigenvalue weighted by atomic mass is 35.5. The molecule has 0 N–H and O–H groups in total. The summed E-state index contributed by atoms with van der Waals surface area (Å²) in [6, 6.07) is 0.0973. The number of anilines is 1. The first-order valence-electron chi connectivity index (χ1n) is 6.87. The first-order valence-corrected chi connectivity index (χ1v) is 6.87. The Morgan fingerprint density at radius 2 is 1.90 bits per heavy atom. The first-order chi connectivity index (χ1) is 9.70. The van der Waals surface area contributed by atoms with Crippen LogP contribution in [0.2, 0.25) is 0 Å². The summed E-state index contributed by atoms with van der Waals surface area (Å²) in [4.78, 5) is 22.3. The van der Waals surface area contributed by atoms with Gasteiger partial charge in [-0.25, -0.2) is 9.97 Å². The summed E-state index contributed by atoms with van der Waals surface area (Å²) in [6.07, 6.45) is 10.2. The lowest BCUT2D eigenvalue weighted by Gasteiger charge is -2.38. The van der Waals surface area contributed by atoms with Gasteiger partial charge in [0.2, 0.25) is 5.95 Å². The van der Waals surface area contributed by atoms with Crippen molar-refractivity contribution in [3.05, 3.63) is 30.6 Å². The van der Waals surface area contributed by atoms with E-state index in [2.05, 4.69) is 14.9 Å². The number of piperidine rings is 1. The second-order valence-electron chi connectivity index (χ2n) is 5.36. The summed E-state index contributed by atoms with van der Waals surface area (Å²) < 4.78 is 4.03. The number of carbonyl (C=O) groups excluding carboxylic acids is 1. The predicted molar refractivity (Wildman–Crippen MR) is 82.5 cm³/mol. The highest BCUT2D eigenvalue weighted by Gasteiger charge is 2.33. The second kappa shape index (κ2) is 6.30. The van der Waals surface area contributed by atoms with Gasteiger partial charge < -0.3 is 18.8 Å². The number of carbonyl (C=O) groups is 1. The van der Waals surface area contributed by atoms with Gasteiger partial charge in [0.15, 0.2) is 0 Å². The number of rotatable bonds is 3. The lowest BCUT2D eigenvalue weighted by atomic mass is 9.91. The van der Waals surface area contributed by atoms with Crippen molar-refractivity contribution in [1.29, 1.82) is 0 Å². The summed E-state index contributed by atoms with van der Waals surface area (Å²) in [5.74, 6) is 2.02. The maximum absolute atomic E-state index is 11.2. The van der Waals surface area contributed by atoms with E-state index in [1.165, 1.54) is 0 Å². The van der Waals surface area contributed by atoms with Gasteiger partial charge >= 0.3 is 0 Å². The van der Waals surface area contributed by atoms with E-state index in [-0.39, 0.29) is 24.4 Å². The molecule has 2 aromatic rings. The largest absolute Gasteiger partial charge is 0.336 e. The van der Waals surface area contributed by atoms with Gasteiger partial charge in [0.1, 0.15) is 12.1 Å². The van der Waals surface area contributed by atoms with Crippen molar-refractivity contribution in [2.75, 3.05) is 11.4 Å². The lowest BCUT2D eigenvalue weighted by molar-refractivity contribution is -0.111. The zero-order chi connectivity index (χ0) is 14.1. The fourth-order valence-electron chi connectivity index (χ4n) is 2.93. The number of hydrogen-bond acceptors (Lipinski definition) is 4. The fourth-order valence-corrected chi connectivity index (χ4v) is 2.93. The molecule has 1 aliphatic heterocycles. The van der Waals surface area contributed by atoms with Crippen LogP contribution in [-0.4, -0.2) is 31.9 Å². The molecule has 3 rings (SSSR count). The standard InChI is InChI=1S/C14H19N5O.ClH/c1-17-7-4-15-13(17)12-9-11(10-20)3-6-19(12)14-16-5-8-18(14)2;/h4-5,7-8,10-12H,3,6,9H2,1-2H3;1H. The summed E-state index contributed by atoms with van der Waals surface area (Å²) >= 11 is 0. The van der Waals surface area contributed by atoms with E-state index in [4.69, 9.17) is 0 Å². The Morgan fingerprint density at radius 3 is 2.48 bits per heavy atom. The Balaban J connectivity index is 0.00000161. The quantitative estimate of drug-likeness (QED) is 0.810. The van der Waals surface area contributed by atoms with Crippen molar-refractivity contribution in [2.45, 2.75) is 18.9 Å². The van der Waals surface area contributed by atoms with Gasteiger partial charge in [-0.05, 0) is 12.8 Å². The smallest absolute Gasteiger partial charge is 0.205 e. The molecule has 0 aliphatic carbocycles. The Labute approximate surface area is 130 Å². The Kier molecular flexibility index (Phi) is 4.67. The molecule has 1 fully saturated rings. The average Bonchev–Trinajstić information content (AvgIpc) is 3.06. The number of aromatic nitrogens is 4. The van der Waals surface area contributed by atoms with Crippen LogP contribution in [0.3, 0.4) is 0 Å². The molecule has 114 valence electrons. The van der Waals surface area contributed by atoms with Gasteiger partial charge in [0.05, 0.1) is 6.04 Å². The van der Waals surface area contributed by atoms with Crippen LogP contribution in [0.25, 0.3) is 0 Å². The van der Waals surface area contributed by atoms with Crippen LogP contribution in [0.5, 0.6) is 0 Å². The topological polar surface area (TPSA) is 56.0 Å². The molecule has 21 heavy (non-hydrogen) atoms. The van der Waals surface area contributed by atoms with Crippen LogP contribution in [0.15, 0.2) is 24.8 Å². The van der Waals surface area contributed by atoms with Crippen molar-refractivity contribution >= 4 is 24.6 Å². The molecule has 0 spiro atoms. The van der Waals surface area contributed by atoms with Gasteiger partial charge in [-0.3, -0.25) is 0 Å². The van der Waals surface area contributed by atoms with Crippen LogP contribution in [0.1, 0.15) is 24.7 Å². The third kappa shape index (κ3) is 2.81. The van der Waals surface area contributed by atoms with Crippen molar-refractivity contribution in [3.63, 3.8) is 0 Å². The van der Waals surface area contributed by atoms with Gasteiger partial charge in [-0.15, -0.1) is 12.4 Å². The molecule has 6 nitrogen and oxygen atoms in total. The number of nitrogens with zero attached hydrogens (tertiary/aromatic N) is 5. The Bertz CT molecular complexity index is 608. The zero-order valence-electron chi connectivity index (χ0n) is 12.2. The van der Waals surface area contributed by atoms with E-state index < -0.39 is 0 Å². The van der Waals surface area contributed by atoms with Gasteiger partial charge in [-0.1, -0.05) is 0 Å². The molecule has 1 saturated heterocycles. The Hall–Kier alpha value is -1.82. The van der Waals surface area contributed by atoms with E-state index in [1.54, 1.807) is 12.4 Å². The Morgan fingerprint density at radius 1 is 1.19 bits per heavy atom. The number of aldehydes is 1. The molecule has 3 heterocycles.